The van der Waals surface area contributed by atoms with Crippen molar-refractivity contribution >= 4 is 11.6 Å². The fourth-order valence-corrected chi connectivity index (χ4v) is 2.51. The highest BCUT2D eigenvalue weighted by Crippen LogP contribution is 2.28. The summed E-state index contributed by atoms with van der Waals surface area (Å²) >= 11 is 5.95. The van der Waals surface area contributed by atoms with Gasteiger partial charge in [0.05, 0.1) is 12.7 Å². The molecule has 5 heteroatoms. The van der Waals surface area contributed by atoms with E-state index in [1.807, 2.05) is 0 Å². The molecule has 0 aliphatic carbocycles. The van der Waals surface area contributed by atoms with Gasteiger partial charge in [-0.05, 0) is 31.7 Å². The van der Waals surface area contributed by atoms with Crippen LogP contribution in [0.15, 0.2) is 18.2 Å². The second kappa shape index (κ2) is 7.27. The molecule has 20 heavy (non-hydrogen) atoms. The Kier molecular flexibility index (Phi) is 5.66. The van der Waals surface area contributed by atoms with Crippen molar-refractivity contribution in [2.45, 2.75) is 26.1 Å². The SMILES string of the molecule is CCN1CCOC(COc2ccc(Cl)cc2[C@@H](C)O)C1. The molecule has 0 bridgehead atoms. The van der Waals surface area contributed by atoms with Crippen molar-refractivity contribution in [3.8, 4) is 5.75 Å². The summed E-state index contributed by atoms with van der Waals surface area (Å²) in [6, 6.07) is 5.30. The van der Waals surface area contributed by atoms with Gasteiger partial charge in [0.1, 0.15) is 18.5 Å². The lowest BCUT2D eigenvalue weighted by Crippen LogP contribution is -2.44. The molecule has 0 saturated carbocycles. The summed E-state index contributed by atoms with van der Waals surface area (Å²) in [5, 5.41) is 10.4. The average molecular weight is 300 g/mol. The Labute approximate surface area is 125 Å². The molecule has 2 atom stereocenters. The first-order valence-corrected chi connectivity index (χ1v) is 7.42. The van der Waals surface area contributed by atoms with Crippen LogP contribution in [0.25, 0.3) is 0 Å². The van der Waals surface area contributed by atoms with Gasteiger partial charge in [0.25, 0.3) is 0 Å². The van der Waals surface area contributed by atoms with Gasteiger partial charge < -0.3 is 14.6 Å². The Morgan fingerprint density at radius 1 is 1.55 bits per heavy atom. The summed E-state index contributed by atoms with van der Waals surface area (Å²) in [6.07, 6.45) is -0.538. The second-order valence-electron chi connectivity index (χ2n) is 5.06. The van der Waals surface area contributed by atoms with Crippen LogP contribution in [-0.4, -0.2) is 49.0 Å². The van der Waals surface area contributed by atoms with E-state index in [1.165, 1.54) is 0 Å². The molecule has 1 aromatic carbocycles. The lowest BCUT2D eigenvalue weighted by molar-refractivity contribution is -0.0467. The van der Waals surface area contributed by atoms with Gasteiger partial charge >= 0.3 is 0 Å². The minimum Gasteiger partial charge on any atom is -0.490 e. The molecular formula is C15H22ClNO3. The van der Waals surface area contributed by atoms with Gasteiger partial charge in [-0.15, -0.1) is 0 Å². The van der Waals surface area contributed by atoms with Gasteiger partial charge in [0, 0.05) is 23.7 Å². The largest absolute Gasteiger partial charge is 0.490 e. The van der Waals surface area contributed by atoms with E-state index in [1.54, 1.807) is 25.1 Å². The third kappa shape index (κ3) is 4.09. The van der Waals surface area contributed by atoms with E-state index in [9.17, 15) is 5.11 Å². The van der Waals surface area contributed by atoms with E-state index in [-0.39, 0.29) is 6.10 Å². The highest BCUT2D eigenvalue weighted by molar-refractivity contribution is 6.30. The molecule has 0 spiro atoms. The standard InChI is InChI=1S/C15H22ClNO3/c1-3-17-6-7-19-13(9-17)10-20-15-5-4-12(16)8-14(15)11(2)18/h4-5,8,11,13,18H,3,6-7,9-10H2,1-2H3/t11-,13?/m1/s1. The van der Waals surface area contributed by atoms with Crippen LogP contribution in [-0.2, 0) is 4.74 Å². The van der Waals surface area contributed by atoms with E-state index >= 15 is 0 Å². The van der Waals surface area contributed by atoms with Crippen molar-refractivity contribution in [3.63, 3.8) is 0 Å². The normalized spacial score (nSPS) is 21.7. The third-order valence-corrected chi connectivity index (χ3v) is 3.75. The number of likely N-dealkylation sites (N-methyl/N-ethyl adjacent to an activating group) is 1. The Balaban J connectivity index is 1.96. The first-order chi connectivity index (χ1) is 9.60. The molecule has 112 valence electrons. The molecule has 1 N–H and O–H groups in total. The highest BCUT2D eigenvalue weighted by Gasteiger charge is 2.20. The number of hydrogen-bond donors (Lipinski definition) is 1. The summed E-state index contributed by atoms with van der Waals surface area (Å²) in [6.45, 7) is 7.97. The fourth-order valence-electron chi connectivity index (χ4n) is 2.33. The summed E-state index contributed by atoms with van der Waals surface area (Å²) in [5.74, 6) is 0.668. The number of halogens is 1. The molecule has 1 aliphatic heterocycles. The van der Waals surface area contributed by atoms with E-state index in [2.05, 4.69) is 11.8 Å². The van der Waals surface area contributed by atoms with Crippen molar-refractivity contribution in [1.29, 1.82) is 0 Å². The maximum atomic E-state index is 9.77. The van der Waals surface area contributed by atoms with Crippen molar-refractivity contribution in [2.24, 2.45) is 0 Å². The molecule has 0 radical (unpaired) electrons. The topological polar surface area (TPSA) is 41.9 Å². The van der Waals surface area contributed by atoms with Crippen LogP contribution in [0.2, 0.25) is 5.02 Å². The smallest absolute Gasteiger partial charge is 0.125 e. The molecule has 1 saturated heterocycles. The highest BCUT2D eigenvalue weighted by atomic mass is 35.5. The first-order valence-electron chi connectivity index (χ1n) is 7.04. The summed E-state index contributed by atoms with van der Waals surface area (Å²) in [7, 11) is 0. The maximum Gasteiger partial charge on any atom is 0.125 e. The fraction of sp³-hybridized carbons (Fsp3) is 0.600. The number of aliphatic hydroxyl groups excluding tert-OH is 1. The Hall–Kier alpha value is -0.810. The lowest BCUT2D eigenvalue weighted by atomic mass is 10.1. The first kappa shape index (κ1) is 15.6. The van der Waals surface area contributed by atoms with E-state index in [0.29, 0.717) is 22.9 Å². The Morgan fingerprint density at radius 2 is 2.35 bits per heavy atom. The van der Waals surface area contributed by atoms with Crippen LogP contribution >= 0.6 is 11.6 Å². The number of morpholine rings is 1. The summed E-state index contributed by atoms with van der Waals surface area (Å²) in [4.78, 5) is 2.34. The van der Waals surface area contributed by atoms with E-state index in [0.717, 1.165) is 26.2 Å². The van der Waals surface area contributed by atoms with Gasteiger partial charge in [-0.1, -0.05) is 18.5 Å². The Bertz CT molecular complexity index is 439. The van der Waals surface area contributed by atoms with Crippen molar-refractivity contribution in [3.05, 3.63) is 28.8 Å². The van der Waals surface area contributed by atoms with Crippen molar-refractivity contribution in [2.75, 3.05) is 32.8 Å². The molecule has 1 aromatic rings. The number of rotatable bonds is 5. The zero-order valence-corrected chi connectivity index (χ0v) is 12.8. The van der Waals surface area contributed by atoms with E-state index < -0.39 is 6.10 Å². The van der Waals surface area contributed by atoms with Crippen molar-refractivity contribution in [1.82, 2.24) is 4.90 Å². The monoisotopic (exact) mass is 299 g/mol. The van der Waals surface area contributed by atoms with Crippen LogP contribution in [0.1, 0.15) is 25.5 Å². The lowest BCUT2D eigenvalue weighted by Gasteiger charge is -2.32. The zero-order valence-electron chi connectivity index (χ0n) is 12.0. The van der Waals surface area contributed by atoms with Gasteiger partial charge in [0.15, 0.2) is 0 Å². The molecule has 0 amide bonds. The summed E-state index contributed by atoms with van der Waals surface area (Å²) in [5.41, 5.74) is 0.709. The molecule has 1 unspecified atom stereocenters. The number of nitrogens with zero attached hydrogens (tertiary/aromatic N) is 1. The van der Waals surface area contributed by atoms with E-state index in [4.69, 9.17) is 21.1 Å². The average Bonchev–Trinajstić information content (AvgIpc) is 2.46. The van der Waals surface area contributed by atoms with Crippen LogP contribution in [0, 0.1) is 0 Å². The molecule has 2 rings (SSSR count). The molecular weight excluding hydrogens is 278 g/mol. The number of ether oxygens (including phenoxy) is 2. The van der Waals surface area contributed by atoms with Crippen LogP contribution in [0.3, 0.4) is 0 Å². The molecule has 4 nitrogen and oxygen atoms in total. The maximum absolute atomic E-state index is 9.77. The van der Waals surface area contributed by atoms with Gasteiger partial charge in [-0.2, -0.15) is 0 Å². The van der Waals surface area contributed by atoms with Crippen LogP contribution < -0.4 is 4.74 Å². The third-order valence-electron chi connectivity index (χ3n) is 3.52. The number of benzene rings is 1. The molecule has 0 aromatic heterocycles. The molecule has 1 fully saturated rings. The predicted octanol–water partition coefficient (Wildman–Crippen LogP) is 2.49. The minimum atomic E-state index is -0.608. The second-order valence-corrected chi connectivity index (χ2v) is 5.49. The quantitative estimate of drug-likeness (QED) is 0.907. The van der Waals surface area contributed by atoms with Gasteiger partial charge in [-0.3, -0.25) is 4.90 Å². The van der Waals surface area contributed by atoms with Gasteiger partial charge in [-0.25, -0.2) is 0 Å². The van der Waals surface area contributed by atoms with Crippen molar-refractivity contribution < 1.29 is 14.6 Å². The van der Waals surface area contributed by atoms with Gasteiger partial charge in [0.2, 0.25) is 0 Å². The van der Waals surface area contributed by atoms with Crippen LogP contribution in [0.5, 0.6) is 5.75 Å². The zero-order chi connectivity index (χ0) is 14.5. The Morgan fingerprint density at radius 3 is 3.05 bits per heavy atom. The predicted molar refractivity (Wildman–Crippen MR) is 79.4 cm³/mol. The summed E-state index contributed by atoms with van der Waals surface area (Å²) < 4.78 is 11.5. The minimum absolute atomic E-state index is 0.0706. The number of hydrogen-bond acceptors (Lipinski definition) is 4. The number of aliphatic hydroxyl groups is 1. The van der Waals surface area contributed by atoms with Crippen LogP contribution in [0.4, 0.5) is 0 Å². The molecule has 1 aliphatic rings. The molecule has 1 heterocycles.